The zero-order chi connectivity index (χ0) is 13.7. The Morgan fingerprint density at radius 3 is 3.00 bits per heavy atom. The van der Waals surface area contributed by atoms with Crippen LogP contribution in [0.5, 0.6) is 11.5 Å². The molecule has 1 N–H and O–H groups in total. The Hall–Kier alpha value is -2.34. The first-order chi connectivity index (χ1) is 9.72. The van der Waals surface area contributed by atoms with Gasteiger partial charge in [0.1, 0.15) is 0 Å². The van der Waals surface area contributed by atoms with E-state index in [1.165, 1.54) is 0 Å². The lowest BCUT2D eigenvalue weighted by Crippen LogP contribution is -1.96. The number of rotatable bonds is 1. The topological polar surface area (TPSA) is 52.1 Å². The third-order valence-corrected chi connectivity index (χ3v) is 3.56. The highest BCUT2D eigenvalue weighted by Crippen LogP contribution is 2.34. The van der Waals surface area contributed by atoms with Crippen molar-refractivity contribution in [2.45, 2.75) is 6.92 Å². The largest absolute Gasteiger partial charge is 0.454 e. The molecule has 3 heterocycles. The van der Waals surface area contributed by atoms with Gasteiger partial charge < -0.3 is 14.5 Å². The number of benzene rings is 1. The van der Waals surface area contributed by atoms with E-state index in [1.54, 1.807) is 0 Å². The van der Waals surface area contributed by atoms with Crippen molar-refractivity contribution in [3.8, 4) is 17.2 Å². The Balaban J connectivity index is 1.98. The van der Waals surface area contributed by atoms with Crippen LogP contribution in [0, 0.1) is 11.7 Å². The van der Waals surface area contributed by atoms with Gasteiger partial charge in [-0.2, -0.15) is 0 Å². The molecule has 3 aromatic rings. The van der Waals surface area contributed by atoms with Crippen molar-refractivity contribution in [1.29, 1.82) is 0 Å². The number of nitrogens with one attached hydrogen (secondary N) is 1. The van der Waals surface area contributed by atoms with Crippen molar-refractivity contribution >= 4 is 23.4 Å². The van der Waals surface area contributed by atoms with Crippen LogP contribution in [0.15, 0.2) is 30.5 Å². The maximum absolute atomic E-state index is 5.41. The van der Waals surface area contributed by atoms with E-state index in [9.17, 15) is 0 Å². The van der Waals surface area contributed by atoms with E-state index in [-0.39, 0.29) is 6.79 Å². The predicted octanol–water partition coefficient (Wildman–Crippen LogP) is 3.12. The lowest BCUT2D eigenvalue weighted by molar-refractivity contribution is 0.174. The summed E-state index contributed by atoms with van der Waals surface area (Å²) in [6.07, 6.45) is 1.83. The van der Waals surface area contributed by atoms with Gasteiger partial charge in [0.2, 0.25) is 6.79 Å². The van der Waals surface area contributed by atoms with Crippen molar-refractivity contribution in [2.24, 2.45) is 0 Å². The maximum atomic E-state index is 5.41. The minimum absolute atomic E-state index is 0.259. The standard InChI is InChI=1S/C14H11N3O2S/c1-8-4-10-13(15-6-8)17(14(20)16-10)9-2-3-11-12(5-9)19-7-18-11/h2-6H,7H2,1H3,(H,16,20). The number of aromatic amines is 1. The van der Waals surface area contributed by atoms with Crippen LogP contribution in [0.25, 0.3) is 16.9 Å². The van der Waals surface area contributed by atoms with Crippen molar-refractivity contribution in [1.82, 2.24) is 14.5 Å². The molecule has 2 aromatic heterocycles. The Labute approximate surface area is 119 Å². The first-order valence-corrected chi connectivity index (χ1v) is 6.60. The van der Waals surface area contributed by atoms with Crippen LogP contribution < -0.4 is 9.47 Å². The van der Waals surface area contributed by atoms with E-state index in [2.05, 4.69) is 9.97 Å². The Bertz CT molecular complexity index is 882. The smallest absolute Gasteiger partial charge is 0.231 e. The maximum Gasteiger partial charge on any atom is 0.231 e. The van der Waals surface area contributed by atoms with Crippen LogP contribution >= 0.6 is 12.2 Å². The quantitative estimate of drug-likeness (QED) is 0.698. The summed E-state index contributed by atoms with van der Waals surface area (Å²) >= 11 is 5.40. The number of pyridine rings is 1. The second-order valence-electron chi connectivity index (χ2n) is 4.69. The fourth-order valence-corrected chi connectivity index (χ4v) is 2.67. The molecular formula is C14H11N3O2S. The first kappa shape index (κ1) is 11.5. The highest BCUT2D eigenvalue weighted by molar-refractivity contribution is 7.71. The molecule has 100 valence electrons. The fraction of sp³-hybridized carbons (Fsp3) is 0.143. The van der Waals surface area contributed by atoms with Crippen LogP contribution in [0.3, 0.4) is 0 Å². The van der Waals surface area contributed by atoms with Gasteiger partial charge in [-0.05, 0) is 42.9 Å². The number of aryl methyl sites for hydroxylation is 1. The molecule has 20 heavy (non-hydrogen) atoms. The van der Waals surface area contributed by atoms with Crippen molar-refractivity contribution in [2.75, 3.05) is 6.79 Å². The zero-order valence-electron chi connectivity index (χ0n) is 10.7. The van der Waals surface area contributed by atoms with E-state index in [1.807, 2.05) is 42.0 Å². The molecule has 0 atom stereocenters. The summed E-state index contributed by atoms with van der Waals surface area (Å²) in [5, 5.41) is 0. The average molecular weight is 285 g/mol. The van der Waals surface area contributed by atoms with Gasteiger partial charge in [0.15, 0.2) is 21.9 Å². The number of aromatic nitrogens is 3. The fourth-order valence-electron chi connectivity index (χ4n) is 2.36. The molecule has 1 aromatic carbocycles. The summed E-state index contributed by atoms with van der Waals surface area (Å²) in [6.45, 7) is 2.26. The Kier molecular flexibility index (Phi) is 2.34. The highest BCUT2D eigenvalue weighted by Gasteiger charge is 2.15. The minimum Gasteiger partial charge on any atom is -0.454 e. The van der Waals surface area contributed by atoms with Gasteiger partial charge >= 0.3 is 0 Å². The van der Waals surface area contributed by atoms with Gasteiger partial charge in [-0.15, -0.1) is 0 Å². The van der Waals surface area contributed by atoms with Gasteiger partial charge in [-0.25, -0.2) is 4.98 Å². The molecule has 0 unspecified atom stereocenters. The monoisotopic (exact) mass is 285 g/mol. The van der Waals surface area contributed by atoms with Gasteiger partial charge in [-0.1, -0.05) is 0 Å². The van der Waals surface area contributed by atoms with Crippen LogP contribution in [-0.4, -0.2) is 21.3 Å². The molecule has 0 saturated heterocycles. The molecular weight excluding hydrogens is 274 g/mol. The molecule has 1 aliphatic rings. The molecule has 0 bridgehead atoms. The summed E-state index contributed by atoms with van der Waals surface area (Å²) in [5.74, 6) is 1.48. The molecule has 0 spiro atoms. The minimum atomic E-state index is 0.259. The van der Waals surface area contributed by atoms with Crippen LogP contribution in [0.2, 0.25) is 0 Å². The number of hydrogen-bond acceptors (Lipinski definition) is 4. The molecule has 4 rings (SSSR count). The van der Waals surface area contributed by atoms with Crippen molar-refractivity contribution in [3.63, 3.8) is 0 Å². The SMILES string of the molecule is Cc1cnc2c(c1)[nH]c(=S)n2-c1ccc2c(c1)OCO2. The highest BCUT2D eigenvalue weighted by atomic mass is 32.1. The molecule has 0 radical (unpaired) electrons. The Morgan fingerprint density at radius 1 is 1.25 bits per heavy atom. The van der Waals surface area contributed by atoms with Gasteiger partial charge in [0.05, 0.1) is 11.2 Å². The predicted molar refractivity (Wildman–Crippen MR) is 77.1 cm³/mol. The molecule has 0 aliphatic carbocycles. The summed E-state index contributed by atoms with van der Waals surface area (Å²) in [7, 11) is 0. The number of H-pyrrole nitrogens is 1. The number of hydrogen-bond donors (Lipinski definition) is 1. The summed E-state index contributed by atoms with van der Waals surface area (Å²) in [5.41, 5.74) is 3.72. The summed E-state index contributed by atoms with van der Waals surface area (Å²) < 4.78 is 13.2. The van der Waals surface area contributed by atoms with Gasteiger partial charge in [0, 0.05) is 12.3 Å². The number of imidazole rings is 1. The number of fused-ring (bicyclic) bond motifs is 2. The van der Waals surface area contributed by atoms with E-state index < -0.39 is 0 Å². The molecule has 0 amide bonds. The second kappa shape index (κ2) is 4.08. The molecule has 6 heteroatoms. The third-order valence-electron chi connectivity index (χ3n) is 3.27. The van der Waals surface area contributed by atoms with Gasteiger partial charge in [0.25, 0.3) is 0 Å². The molecule has 0 fully saturated rings. The van der Waals surface area contributed by atoms with Crippen molar-refractivity contribution in [3.05, 3.63) is 40.8 Å². The number of ether oxygens (including phenoxy) is 2. The third kappa shape index (κ3) is 1.61. The zero-order valence-corrected chi connectivity index (χ0v) is 11.5. The molecule has 1 aliphatic heterocycles. The molecule has 0 saturated carbocycles. The first-order valence-electron chi connectivity index (χ1n) is 6.20. The summed E-state index contributed by atoms with van der Waals surface area (Å²) in [6, 6.07) is 7.76. The number of nitrogens with zero attached hydrogens (tertiary/aromatic N) is 2. The second-order valence-corrected chi connectivity index (χ2v) is 5.07. The molecule has 5 nitrogen and oxygen atoms in total. The lowest BCUT2D eigenvalue weighted by Gasteiger charge is -2.05. The normalized spacial score (nSPS) is 13.1. The summed E-state index contributed by atoms with van der Waals surface area (Å²) in [4.78, 5) is 7.64. The van der Waals surface area contributed by atoms with E-state index in [0.717, 1.165) is 33.9 Å². The van der Waals surface area contributed by atoms with E-state index in [0.29, 0.717) is 4.77 Å². The van der Waals surface area contributed by atoms with E-state index >= 15 is 0 Å². The average Bonchev–Trinajstić information content (AvgIpc) is 3.00. The van der Waals surface area contributed by atoms with E-state index in [4.69, 9.17) is 21.7 Å². The van der Waals surface area contributed by atoms with Crippen LogP contribution in [0.4, 0.5) is 0 Å². The van der Waals surface area contributed by atoms with Crippen LogP contribution in [0.1, 0.15) is 5.56 Å². The Morgan fingerprint density at radius 2 is 2.10 bits per heavy atom. The van der Waals surface area contributed by atoms with Crippen molar-refractivity contribution < 1.29 is 9.47 Å². The van der Waals surface area contributed by atoms with Crippen LogP contribution in [-0.2, 0) is 0 Å². The van der Waals surface area contributed by atoms with Gasteiger partial charge in [-0.3, -0.25) is 4.57 Å². The lowest BCUT2D eigenvalue weighted by atomic mass is 10.2.